The Morgan fingerprint density at radius 3 is 2.42 bits per heavy atom. The van der Waals surface area contributed by atoms with Gasteiger partial charge in [-0.3, -0.25) is 9.79 Å². The number of rotatable bonds is 3. The van der Waals surface area contributed by atoms with Gasteiger partial charge in [-0.2, -0.15) is 18.2 Å². The van der Waals surface area contributed by atoms with E-state index in [2.05, 4.69) is 9.98 Å². The Labute approximate surface area is 146 Å². The number of halogens is 4. The number of guanidine groups is 2. The van der Waals surface area contributed by atoms with E-state index in [1.807, 2.05) is 17.8 Å². The minimum absolute atomic E-state index is 0.0521. The molecule has 142 valence electrons. The first kappa shape index (κ1) is 20.9. The highest BCUT2D eigenvalue weighted by atomic mass is 19.4. The molecule has 1 aromatic heterocycles. The smallest absolute Gasteiger partial charge is 0.370 e. The van der Waals surface area contributed by atoms with Crippen LogP contribution in [0.15, 0.2) is 34.4 Å². The lowest BCUT2D eigenvalue weighted by atomic mass is 10.1. The summed E-state index contributed by atoms with van der Waals surface area (Å²) < 4.78 is 46.4. The summed E-state index contributed by atoms with van der Waals surface area (Å²) >= 11 is 0. The van der Waals surface area contributed by atoms with Gasteiger partial charge in [0.1, 0.15) is 5.82 Å². The van der Waals surface area contributed by atoms with Crippen LogP contribution in [0.4, 0.5) is 17.6 Å². The molecule has 0 aliphatic heterocycles. The van der Waals surface area contributed by atoms with Crippen LogP contribution in [-0.4, -0.2) is 35.5 Å². The maximum Gasteiger partial charge on any atom is 0.446 e. The number of carbonyl (C=O) groups excluding carboxylic acids is 1. The van der Waals surface area contributed by atoms with Crippen molar-refractivity contribution in [2.24, 2.45) is 34.2 Å². The molecule has 0 radical (unpaired) electrons. The number of aromatic nitrogens is 1. The molecule has 0 amide bonds. The van der Waals surface area contributed by atoms with E-state index in [4.69, 9.17) is 22.0 Å². The van der Waals surface area contributed by atoms with E-state index in [1.165, 1.54) is 12.1 Å². The average Bonchev–Trinajstić information content (AvgIpc) is 2.82. The van der Waals surface area contributed by atoms with Gasteiger partial charge in [-0.05, 0) is 30.2 Å². The molecule has 0 saturated carbocycles. The molecule has 1 heterocycles. The fraction of sp³-hybridized carbons (Fsp3) is 0.267. The zero-order chi connectivity index (χ0) is 19.9. The maximum atomic E-state index is 13.2. The van der Waals surface area contributed by atoms with Gasteiger partial charge in [-0.25, -0.2) is 4.39 Å². The number of hydrogen-bond acceptors (Lipinski definition) is 2. The lowest BCUT2D eigenvalue weighted by molar-refractivity contribution is -0.156. The van der Waals surface area contributed by atoms with E-state index in [9.17, 15) is 17.6 Å². The molecular formula is C15H18F4N6O. The summed E-state index contributed by atoms with van der Waals surface area (Å²) in [5.41, 5.74) is 17.8. The second-order valence-corrected chi connectivity index (χ2v) is 5.11. The molecule has 2 rings (SSSR count). The molecule has 2 aromatic rings. The lowest BCUT2D eigenvalue weighted by Gasteiger charge is -1.98. The number of benzene rings is 1. The van der Waals surface area contributed by atoms with Gasteiger partial charge in [0, 0.05) is 25.2 Å². The molecular weight excluding hydrogens is 356 g/mol. The summed E-state index contributed by atoms with van der Waals surface area (Å²) in [6.07, 6.45) is -3.08. The third kappa shape index (κ3) is 6.79. The molecule has 0 saturated heterocycles. The fourth-order valence-corrected chi connectivity index (χ4v) is 2.10. The monoisotopic (exact) mass is 374 g/mol. The standard InChI is InChI=1S/C13H17FN6.C2HF3O/c1-20-7-8(4-5-18-13(17)19-12(15)16)10-3-2-9(14)6-11(10)20;3-2(4,5)1-6/h2-3,6-7H,4-5H2,1H3,(H6,15,16,17,18,19);1H. The minimum Gasteiger partial charge on any atom is -0.370 e. The second-order valence-electron chi connectivity index (χ2n) is 5.11. The van der Waals surface area contributed by atoms with Crippen LogP contribution < -0.4 is 17.2 Å². The highest BCUT2D eigenvalue weighted by molar-refractivity contribution is 5.92. The van der Waals surface area contributed by atoms with Crippen LogP contribution in [0.25, 0.3) is 10.9 Å². The number of nitrogens with zero attached hydrogens (tertiary/aromatic N) is 3. The van der Waals surface area contributed by atoms with Gasteiger partial charge >= 0.3 is 6.18 Å². The molecule has 11 heteroatoms. The fourth-order valence-electron chi connectivity index (χ4n) is 2.10. The molecule has 0 unspecified atom stereocenters. The van der Waals surface area contributed by atoms with Gasteiger partial charge in [0.05, 0.1) is 5.52 Å². The average molecular weight is 374 g/mol. The SMILES string of the molecule is Cn1cc(CCN=C(N)N=C(N)N)c2ccc(F)cc21.O=CC(F)(F)F. The molecule has 0 aliphatic carbocycles. The van der Waals surface area contributed by atoms with Gasteiger partial charge in [-0.15, -0.1) is 0 Å². The highest BCUT2D eigenvalue weighted by Gasteiger charge is 2.24. The molecule has 6 N–H and O–H groups in total. The predicted octanol–water partition coefficient (Wildman–Crippen LogP) is 1.20. The van der Waals surface area contributed by atoms with E-state index in [0.717, 1.165) is 16.5 Å². The summed E-state index contributed by atoms with van der Waals surface area (Å²) in [4.78, 5) is 16.4. The van der Waals surface area contributed by atoms with Crippen LogP contribution in [0.2, 0.25) is 0 Å². The molecule has 0 atom stereocenters. The van der Waals surface area contributed by atoms with Crippen LogP contribution in [0.1, 0.15) is 5.56 Å². The number of hydrogen-bond donors (Lipinski definition) is 3. The van der Waals surface area contributed by atoms with Crippen LogP contribution >= 0.6 is 0 Å². The molecule has 0 aliphatic rings. The first-order valence-corrected chi connectivity index (χ1v) is 7.19. The number of aliphatic imine (C=N–C) groups is 2. The normalized spacial score (nSPS) is 11.7. The maximum absolute atomic E-state index is 13.2. The van der Waals surface area contributed by atoms with Gasteiger partial charge < -0.3 is 21.8 Å². The van der Waals surface area contributed by atoms with Crippen molar-refractivity contribution in [2.45, 2.75) is 12.6 Å². The van der Waals surface area contributed by atoms with Gasteiger partial charge in [0.15, 0.2) is 5.96 Å². The van der Waals surface area contributed by atoms with Crippen LogP contribution in [-0.2, 0) is 18.3 Å². The largest absolute Gasteiger partial charge is 0.446 e. The molecule has 0 fully saturated rings. The van der Waals surface area contributed by atoms with Crippen molar-refractivity contribution in [1.82, 2.24) is 4.57 Å². The summed E-state index contributed by atoms with van der Waals surface area (Å²) in [7, 11) is 1.88. The quantitative estimate of drug-likeness (QED) is 0.323. The van der Waals surface area contributed by atoms with Gasteiger partial charge in [0.2, 0.25) is 12.2 Å². The van der Waals surface area contributed by atoms with Crippen molar-refractivity contribution < 1.29 is 22.4 Å². The van der Waals surface area contributed by atoms with E-state index in [1.54, 1.807) is 6.07 Å². The molecule has 7 nitrogen and oxygen atoms in total. The zero-order valence-corrected chi connectivity index (χ0v) is 13.8. The highest BCUT2D eigenvalue weighted by Crippen LogP contribution is 2.22. The second kappa shape index (κ2) is 8.83. The van der Waals surface area contributed by atoms with Crippen LogP contribution in [0.3, 0.4) is 0 Å². The van der Waals surface area contributed by atoms with Crippen molar-refractivity contribution in [3.8, 4) is 0 Å². The summed E-state index contributed by atoms with van der Waals surface area (Å²) in [6.45, 7) is 0.457. The van der Waals surface area contributed by atoms with Crippen molar-refractivity contribution in [2.75, 3.05) is 6.54 Å². The van der Waals surface area contributed by atoms with Gasteiger partial charge in [0.25, 0.3) is 0 Å². The van der Waals surface area contributed by atoms with Crippen LogP contribution in [0, 0.1) is 5.82 Å². The molecule has 0 spiro atoms. The molecule has 26 heavy (non-hydrogen) atoms. The van der Waals surface area contributed by atoms with E-state index < -0.39 is 12.5 Å². The van der Waals surface area contributed by atoms with Gasteiger partial charge in [-0.1, -0.05) is 0 Å². The summed E-state index contributed by atoms with van der Waals surface area (Å²) in [5, 5.41) is 1.00. The van der Waals surface area contributed by atoms with E-state index >= 15 is 0 Å². The molecule has 0 bridgehead atoms. The number of fused-ring (bicyclic) bond motifs is 1. The Balaban J connectivity index is 0.000000487. The number of aldehydes is 1. The van der Waals surface area contributed by atoms with Crippen molar-refractivity contribution in [1.29, 1.82) is 0 Å². The van der Waals surface area contributed by atoms with Crippen molar-refractivity contribution >= 4 is 29.1 Å². The Morgan fingerprint density at radius 2 is 1.88 bits per heavy atom. The first-order valence-electron chi connectivity index (χ1n) is 7.19. The Hall–Kier alpha value is -3.11. The van der Waals surface area contributed by atoms with E-state index in [-0.39, 0.29) is 17.7 Å². The van der Waals surface area contributed by atoms with Crippen LogP contribution in [0.5, 0.6) is 0 Å². The van der Waals surface area contributed by atoms with Crippen molar-refractivity contribution in [3.05, 3.63) is 35.8 Å². The number of carbonyl (C=O) groups is 1. The Kier molecular flexibility index (Phi) is 7.11. The Bertz CT molecular complexity index is 821. The van der Waals surface area contributed by atoms with Crippen molar-refractivity contribution in [3.63, 3.8) is 0 Å². The number of nitrogens with two attached hydrogens (primary N) is 3. The topological polar surface area (TPSA) is 125 Å². The predicted molar refractivity (Wildman–Crippen MR) is 91.0 cm³/mol. The summed E-state index contributed by atoms with van der Waals surface area (Å²) in [6, 6.07) is 4.72. The van der Waals surface area contributed by atoms with E-state index in [0.29, 0.717) is 13.0 Å². The first-order chi connectivity index (χ1) is 12.0. The molecule has 1 aromatic carbocycles. The zero-order valence-electron chi connectivity index (χ0n) is 13.8. The lowest BCUT2D eigenvalue weighted by Crippen LogP contribution is -2.26. The Morgan fingerprint density at radius 1 is 1.27 bits per heavy atom. The number of alkyl halides is 3. The number of aryl methyl sites for hydroxylation is 1. The summed E-state index contributed by atoms with van der Waals surface area (Å²) in [5.74, 6) is -0.316. The third-order valence-electron chi connectivity index (χ3n) is 3.07. The third-order valence-corrected chi connectivity index (χ3v) is 3.07. The minimum atomic E-state index is -4.64.